The summed E-state index contributed by atoms with van der Waals surface area (Å²) in [6, 6.07) is 5.68. The van der Waals surface area contributed by atoms with Crippen molar-refractivity contribution < 1.29 is 65.1 Å². The normalized spacial score (nSPS) is 29.7. The first-order chi connectivity index (χ1) is 30.1. The quantitative estimate of drug-likeness (QED) is 0.187. The Labute approximate surface area is 313 Å². The largest absolute Gasteiger partial charge is 0.487 e. The first-order valence-electron chi connectivity index (χ1n) is 23.2. The molecule has 2 aliphatic heterocycles. The number of nitrogens with zero attached hydrogens (tertiary/aromatic N) is 3. The summed E-state index contributed by atoms with van der Waals surface area (Å²) in [6.07, 6.45) is -8.65. The molecule has 264 valence electrons. The van der Waals surface area contributed by atoms with Crippen molar-refractivity contribution >= 4 is 38.4 Å². The van der Waals surface area contributed by atoms with Gasteiger partial charge in [-0.2, -0.15) is 4.31 Å². The van der Waals surface area contributed by atoms with E-state index >= 15 is 0 Å². The summed E-state index contributed by atoms with van der Waals surface area (Å²) < 4.78 is 196. The second-order valence-corrected chi connectivity index (χ2v) is 13.9. The summed E-state index contributed by atoms with van der Waals surface area (Å²) in [5, 5.41) is 19.3. The predicted octanol–water partition coefficient (Wildman–Crippen LogP) is 4.59. The number of aromatic nitrogens is 2. The zero-order valence-corrected chi connectivity index (χ0v) is 27.3. The maximum Gasteiger partial charge on any atom is 0.407 e. The lowest BCUT2D eigenvalue weighted by molar-refractivity contribution is -0.0907. The van der Waals surface area contributed by atoms with Crippen LogP contribution in [0.3, 0.4) is 0 Å². The highest BCUT2D eigenvalue weighted by Gasteiger charge is 2.44. The Hall–Kier alpha value is -3.60. The summed E-state index contributed by atoms with van der Waals surface area (Å²) in [7, 11) is -5.71. The number of sulfonamides is 1. The van der Waals surface area contributed by atoms with Gasteiger partial charge < -0.3 is 33.9 Å². The molecule has 13 nitrogen and oxygen atoms in total. The van der Waals surface area contributed by atoms with E-state index in [-0.39, 0.29) is 35.6 Å². The highest BCUT2D eigenvalue weighted by molar-refractivity contribution is 7.89. The van der Waals surface area contributed by atoms with Gasteiger partial charge in [-0.15, -0.1) is 11.3 Å². The number of amides is 1. The van der Waals surface area contributed by atoms with Crippen molar-refractivity contribution in [1.82, 2.24) is 19.8 Å². The number of carbonyl (C=O) groups is 1. The highest BCUT2D eigenvalue weighted by Crippen LogP contribution is 2.33. The van der Waals surface area contributed by atoms with Gasteiger partial charge in [0, 0.05) is 40.3 Å². The third-order valence-electron chi connectivity index (χ3n) is 7.51. The standard InChI is InChI=1S/C34H42N4O9S2/c1-20(2)15-38(49(41,42)26-9-10-31-28(14-26)21(3)37-47-31)16-30(39)29(36-34(40)46-32-18-45-33-27(32)11-12-43-33)13-23-5-7-25(8-6-23)44-17-24-19-48-22(4)35-24/h5-10,14,19-20,27,29-30,32-33,39H,11-13,15-18H2,1-4H3,(H,36,40)/t27-,29-,30+,32-,33+/m0/s1/i1D3,2D3,3D3,15D2,17D2,18D2,20D,32D. The van der Waals surface area contributed by atoms with Gasteiger partial charge in [0.1, 0.15) is 18.4 Å². The van der Waals surface area contributed by atoms with Gasteiger partial charge in [0.15, 0.2) is 11.9 Å². The fraction of sp³-hybridized carbons (Fsp3) is 0.500. The maximum absolute atomic E-state index is 14.7. The number of carbonyl (C=O) groups excluding carboxylic acids is 1. The minimum atomic E-state index is -5.71. The number of nitrogens with one attached hydrogen (secondary N) is 1. The van der Waals surface area contributed by atoms with Crippen LogP contribution in [0.5, 0.6) is 5.75 Å². The molecule has 2 aromatic heterocycles. The Balaban J connectivity index is 1.42. The Morgan fingerprint density at radius 3 is 2.90 bits per heavy atom. The van der Waals surface area contributed by atoms with Crippen LogP contribution in [0.1, 0.15) is 65.4 Å². The van der Waals surface area contributed by atoms with Gasteiger partial charge in [0.25, 0.3) is 0 Å². The smallest absolute Gasteiger partial charge is 0.407 e. The molecule has 2 aliphatic rings. The second-order valence-electron chi connectivity index (χ2n) is 10.9. The van der Waals surface area contributed by atoms with Crippen LogP contribution in [0.15, 0.2) is 57.3 Å². The first-order valence-corrected chi connectivity index (χ1v) is 17.0. The van der Waals surface area contributed by atoms with Crippen LogP contribution >= 0.6 is 11.3 Å². The lowest BCUT2D eigenvalue weighted by Crippen LogP contribution is -2.51. The topological polar surface area (TPSA) is 163 Å². The average molecular weight is 732 g/mol. The number of alkyl carbamates (subject to hydrolysis) is 1. The number of aryl methyl sites for hydroxylation is 2. The van der Waals surface area contributed by atoms with Gasteiger partial charge >= 0.3 is 6.09 Å². The van der Waals surface area contributed by atoms with Crippen molar-refractivity contribution in [1.29, 1.82) is 0 Å². The van der Waals surface area contributed by atoms with Gasteiger partial charge in [-0.1, -0.05) is 31.0 Å². The summed E-state index contributed by atoms with van der Waals surface area (Å²) >= 11 is 1.18. The summed E-state index contributed by atoms with van der Waals surface area (Å²) in [6.45, 7) is -20.9. The molecule has 0 saturated carbocycles. The molecular weight excluding hydrogens is 673 g/mol. The van der Waals surface area contributed by atoms with Crippen LogP contribution in [0.25, 0.3) is 11.0 Å². The van der Waals surface area contributed by atoms with Gasteiger partial charge in [0.2, 0.25) is 10.0 Å². The molecule has 2 fully saturated rings. The molecule has 4 aromatic rings. The molecule has 5 atom stereocenters. The van der Waals surface area contributed by atoms with Crippen molar-refractivity contribution in [3.8, 4) is 5.75 Å². The molecule has 0 bridgehead atoms. The minimum Gasteiger partial charge on any atom is -0.487 e. The van der Waals surface area contributed by atoms with Crippen LogP contribution < -0.4 is 10.1 Å². The number of ether oxygens (including phenoxy) is 4. The molecule has 0 unspecified atom stereocenters. The molecule has 15 heteroatoms. The van der Waals surface area contributed by atoms with E-state index in [2.05, 4.69) is 15.5 Å². The predicted molar refractivity (Wildman–Crippen MR) is 181 cm³/mol. The van der Waals surface area contributed by atoms with E-state index in [1.807, 2.05) is 0 Å². The lowest BCUT2D eigenvalue weighted by atomic mass is 10.0. The minimum absolute atomic E-state index is 0.0136. The van der Waals surface area contributed by atoms with E-state index in [1.54, 1.807) is 6.92 Å². The van der Waals surface area contributed by atoms with Gasteiger partial charge in [0.05, 0.1) is 59.4 Å². The number of aliphatic hydroxyl groups is 1. The van der Waals surface area contributed by atoms with Crippen LogP contribution in [-0.4, -0.2) is 84.8 Å². The van der Waals surface area contributed by atoms with Crippen molar-refractivity contribution in [3.05, 3.63) is 69.8 Å². The molecule has 2 N–H and O–H groups in total. The Morgan fingerprint density at radius 2 is 2.14 bits per heavy atom. The van der Waals surface area contributed by atoms with E-state index in [0.29, 0.717) is 11.1 Å². The summed E-state index contributed by atoms with van der Waals surface area (Å²) in [5.74, 6) is -5.52. The fourth-order valence-corrected chi connectivity index (χ4v) is 6.94. The zero-order valence-electron chi connectivity index (χ0n) is 42.6. The van der Waals surface area contributed by atoms with Crippen LogP contribution in [0.4, 0.5) is 4.79 Å². The molecule has 2 aromatic carbocycles. The van der Waals surface area contributed by atoms with Crippen LogP contribution in [0, 0.1) is 25.6 Å². The maximum atomic E-state index is 14.7. The first kappa shape index (κ1) is 19.7. The van der Waals surface area contributed by atoms with E-state index in [1.165, 1.54) is 41.0 Å². The Morgan fingerprint density at radius 1 is 1.31 bits per heavy atom. The number of benzene rings is 2. The molecule has 0 aliphatic carbocycles. The van der Waals surface area contributed by atoms with E-state index in [4.69, 9.17) is 46.8 Å². The van der Waals surface area contributed by atoms with Crippen molar-refractivity contribution in [3.63, 3.8) is 0 Å². The molecule has 0 radical (unpaired) electrons. The highest BCUT2D eigenvalue weighted by atomic mass is 32.2. The van der Waals surface area contributed by atoms with E-state index < -0.39 is 126 Å². The van der Waals surface area contributed by atoms with E-state index in [9.17, 15) is 18.3 Å². The summed E-state index contributed by atoms with van der Waals surface area (Å²) in [5.41, 5.74) is -0.861. The zero-order chi connectivity index (χ0) is 49.4. The average Bonchev–Trinajstić information content (AvgIpc) is 3.97. The number of hydrogen-bond donors (Lipinski definition) is 2. The third-order valence-corrected chi connectivity index (χ3v) is 9.96. The van der Waals surface area contributed by atoms with E-state index in [0.717, 1.165) is 12.1 Å². The fourth-order valence-electron chi connectivity index (χ4n) is 5.09. The van der Waals surface area contributed by atoms with Crippen LogP contribution in [-0.2, 0) is 37.2 Å². The van der Waals surface area contributed by atoms with Crippen LogP contribution in [0.2, 0.25) is 0 Å². The molecule has 0 spiro atoms. The molecule has 6 rings (SSSR count). The summed E-state index contributed by atoms with van der Waals surface area (Å²) in [4.78, 5) is 16.8. The molecule has 4 heterocycles. The Kier molecular flexibility index (Phi) is 6.07. The number of rotatable bonds is 14. The lowest BCUT2D eigenvalue weighted by Gasteiger charge is -2.31. The molecule has 2 saturated heterocycles. The Bertz CT molecular complexity index is 2520. The number of aliphatic hydroxyl groups excluding tert-OH is 1. The van der Waals surface area contributed by atoms with Crippen molar-refractivity contribution in [2.75, 3.05) is 26.2 Å². The molecule has 1 amide bonds. The SMILES string of the molecule is [2H]C([2H])([2H])c1noc2ccc(S(=O)(=O)N(C[C@@H](O)[C@H](Cc3ccc(OC([2H])([2H])c4csc(C)n4)cc3)NC(=O)O[C@]3([2H])[C@@H]4CCO[C@@H]4OC3([2H])[2H])C([2H])([2H])C([2H])(C([2H])([2H])[2H])C([2H])([2H])[2H])cc12. The monoisotopic (exact) mass is 731 g/mol. The molecule has 49 heavy (non-hydrogen) atoms. The van der Waals surface area contributed by atoms with Gasteiger partial charge in [-0.3, -0.25) is 0 Å². The number of thiazole rings is 1. The molecular formula is C34H42N4O9S2. The van der Waals surface area contributed by atoms with Crippen molar-refractivity contribution in [2.24, 2.45) is 11.8 Å². The van der Waals surface area contributed by atoms with Gasteiger partial charge in [-0.25, -0.2) is 18.2 Å². The third kappa shape index (κ3) is 8.41. The van der Waals surface area contributed by atoms with Crippen molar-refractivity contribution in [2.45, 2.75) is 76.3 Å². The number of hydrogen-bond acceptors (Lipinski definition) is 12. The second kappa shape index (κ2) is 15.1. The van der Waals surface area contributed by atoms with Gasteiger partial charge in [-0.05, 0) is 68.4 Å². The number of fused-ring (bicyclic) bond motifs is 2.